The number of anilines is 2. The second kappa shape index (κ2) is 10.5. The van der Waals surface area contributed by atoms with Crippen LogP contribution in [0.5, 0.6) is 5.75 Å². The van der Waals surface area contributed by atoms with Crippen molar-refractivity contribution in [2.45, 2.75) is 26.7 Å². The smallest absolute Gasteiger partial charge is 0.306 e. The summed E-state index contributed by atoms with van der Waals surface area (Å²) in [6, 6.07) is 11.1. The molecule has 0 atom stereocenters. The van der Waals surface area contributed by atoms with Crippen LogP contribution >= 0.6 is 0 Å². The minimum Gasteiger partial charge on any atom is -0.482 e. The van der Waals surface area contributed by atoms with Gasteiger partial charge in [0.05, 0.1) is 18.7 Å². The number of amides is 2. The molecule has 1 N–H and O–H groups in total. The molecule has 0 spiro atoms. The maximum absolute atomic E-state index is 12.6. The summed E-state index contributed by atoms with van der Waals surface area (Å²) >= 11 is 0. The maximum atomic E-state index is 12.6. The molecule has 0 aromatic heterocycles. The summed E-state index contributed by atoms with van der Waals surface area (Å²) < 4.78 is 10.3. The van der Waals surface area contributed by atoms with Gasteiger partial charge in [-0.15, -0.1) is 0 Å². The molecule has 1 heterocycles. The van der Waals surface area contributed by atoms with Crippen LogP contribution in [0.1, 0.15) is 47.4 Å². The lowest BCUT2D eigenvalue weighted by Gasteiger charge is -2.29. The van der Waals surface area contributed by atoms with Gasteiger partial charge in [-0.25, -0.2) is 0 Å². The highest BCUT2D eigenvalue weighted by molar-refractivity contribution is 6.07. The van der Waals surface area contributed by atoms with Gasteiger partial charge < -0.3 is 14.8 Å². The van der Waals surface area contributed by atoms with Crippen molar-refractivity contribution in [1.29, 1.82) is 0 Å². The lowest BCUT2D eigenvalue weighted by molar-refractivity contribution is -0.143. The molecule has 2 aromatic rings. The fraction of sp³-hybridized carbons (Fsp3) is 0.292. The lowest BCUT2D eigenvalue weighted by Crippen LogP contribution is -2.43. The van der Waals surface area contributed by atoms with E-state index >= 15 is 0 Å². The Kier molecular flexibility index (Phi) is 7.55. The Morgan fingerprint density at radius 3 is 2.58 bits per heavy atom. The van der Waals surface area contributed by atoms with E-state index in [9.17, 15) is 24.0 Å². The first-order chi connectivity index (χ1) is 15.8. The zero-order chi connectivity index (χ0) is 24.0. The fourth-order valence-electron chi connectivity index (χ4n) is 3.30. The van der Waals surface area contributed by atoms with Crippen molar-refractivity contribution in [3.8, 4) is 5.75 Å². The maximum Gasteiger partial charge on any atom is 0.306 e. The molecule has 0 saturated carbocycles. The second-order valence-electron chi connectivity index (χ2n) is 7.36. The summed E-state index contributed by atoms with van der Waals surface area (Å²) in [6.07, 6.45) is -0.0932. The molecule has 33 heavy (non-hydrogen) atoms. The zero-order valence-electron chi connectivity index (χ0n) is 18.4. The van der Waals surface area contributed by atoms with Gasteiger partial charge in [0.25, 0.3) is 5.91 Å². The minimum atomic E-state index is -0.476. The molecule has 0 fully saturated rings. The monoisotopic (exact) mass is 452 g/mol. The Labute approximate surface area is 190 Å². The standard InChI is InChI=1S/C24H24N2O7/c1-3-32-24(31)10-8-20(28)17-7-9-21-19(12-17)26(23(30)14-33-21)13-22(29)25-18-6-4-5-16(11-18)15(2)27/h4-7,9,11-12H,3,8,10,13-14H2,1-2H3,(H,25,29). The highest BCUT2D eigenvalue weighted by Crippen LogP contribution is 2.33. The van der Waals surface area contributed by atoms with E-state index in [1.54, 1.807) is 43.3 Å². The number of rotatable bonds is 9. The molecule has 9 nitrogen and oxygen atoms in total. The molecular weight excluding hydrogens is 428 g/mol. The Balaban J connectivity index is 1.74. The van der Waals surface area contributed by atoms with E-state index in [1.165, 1.54) is 17.9 Å². The summed E-state index contributed by atoms with van der Waals surface area (Å²) in [5, 5.41) is 2.67. The van der Waals surface area contributed by atoms with Crippen molar-refractivity contribution in [3.05, 3.63) is 53.6 Å². The number of nitrogens with zero attached hydrogens (tertiary/aromatic N) is 1. The number of ketones is 2. The van der Waals surface area contributed by atoms with Crippen LogP contribution in [0.2, 0.25) is 0 Å². The first-order valence-electron chi connectivity index (χ1n) is 10.5. The van der Waals surface area contributed by atoms with Gasteiger partial charge in [-0.1, -0.05) is 12.1 Å². The van der Waals surface area contributed by atoms with Gasteiger partial charge in [-0.2, -0.15) is 0 Å². The highest BCUT2D eigenvalue weighted by Gasteiger charge is 2.28. The highest BCUT2D eigenvalue weighted by atomic mass is 16.5. The minimum absolute atomic E-state index is 0.0423. The van der Waals surface area contributed by atoms with Crippen molar-refractivity contribution in [1.82, 2.24) is 0 Å². The third-order valence-electron chi connectivity index (χ3n) is 4.94. The molecule has 9 heteroatoms. The quantitative estimate of drug-likeness (QED) is 0.459. The zero-order valence-corrected chi connectivity index (χ0v) is 18.4. The first kappa shape index (κ1) is 23.6. The Morgan fingerprint density at radius 1 is 1.06 bits per heavy atom. The van der Waals surface area contributed by atoms with Crippen molar-refractivity contribution < 1.29 is 33.4 Å². The van der Waals surface area contributed by atoms with Crippen molar-refractivity contribution in [3.63, 3.8) is 0 Å². The predicted molar refractivity (Wildman–Crippen MR) is 120 cm³/mol. The number of carbonyl (C=O) groups is 5. The van der Waals surface area contributed by atoms with E-state index in [-0.39, 0.29) is 49.7 Å². The molecule has 2 aromatic carbocycles. The van der Waals surface area contributed by atoms with Gasteiger partial charge >= 0.3 is 5.97 Å². The average Bonchev–Trinajstić information content (AvgIpc) is 2.79. The predicted octanol–water partition coefficient (Wildman–Crippen LogP) is 2.78. The summed E-state index contributed by atoms with van der Waals surface area (Å²) in [7, 11) is 0. The summed E-state index contributed by atoms with van der Waals surface area (Å²) in [4.78, 5) is 61.9. The SMILES string of the molecule is CCOC(=O)CCC(=O)c1ccc2c(c1)N(CC(=O)Nc1cccc(C(C)=O)c1)C(=O)CO2. The molecule has 0 aliphatic carbocycles. The molecule has 0 bridgehead atoms. The van der Waals surface area contributed by atoms with Crippen molar-refractivity contribution in [2.24, 2.45) is 0 Å². The summed E-state index contributed by atoms with van der Waals surface area (Å²) in [6.45, 7) is 2.80. The molecule has 0 radical (unpaired) electrons. The largest absolute Gasteiger partial charge is 0.482 e. The van der Waals surface area contributed by atoms with E-state index in [0.717, 1.165) is 0 Å². The van der Waals surface area contributed by atoms with Crippen molar-refractivity contribution in [2.75, 3.05) is 30.0 Å². The van der Waals surface area contributed by atoms with Crippen LogP contribution in [0.25, 0.3) is 0 Å². The number of nitrogens with one attached hydrogen (secondary N) is 1. The number of hydrogen-bond donors (Lipinski definition) is 1. The second-order valence-corrected chi connectivity index (χ2v) is 7.36. The number of fused-ring (bicyclic) bond motifs is 1. The number of Topliss-reactive ketones (excluding diaryl/α,β-unsaturated/α-hetero) is 2. The normalized spacial score (nSPS) is 12.4. The van der Waals surface area contributed by atoms with Gasteiger partial charge in [0.1, 0.15) is 12.3 Å². The van der Waals surface area contributed by atoms with Crippen LogP contribution in [0.4, 0.5) is 11.4 Å². The number of esters is 1. The van der Waals surface area contributed by atoms with Crippen LogP contribution < -0.4 is 15.0 Å². The van der Waals surface area contributed by atoms with E-state index in [2.05, 4.69) is 5.32 Å². The van der Waals surface area contributed by atoms with E-state index in [0.29, 0.717) is 22.7 Å². The van der Waals surface area contributed by atoms with Crippen LogP contribution in [-0.4, -0.2) is 49.1 Å². The third kappa shape index (κ3) is 6.03. The van der Waals surface area contributed by atoms with Gasteiger partial charge in [0.2, 0.25) is 5.91 Å². The fourth-order valence-corrected chi connectivity index (χ4v) is 3.30. The average molecular weight is 452 g/mol. The Hall–Kier alpha value is -4.01. The van der Waals surface area contributed by atoms with E-state index in [4.69, 9.17) is 9.47 Å². The molecule has 0 unspecified atom stereocenters. The van der Waals surface area contributed by atoms with Crippen LogP contribution in [0.15, 0.2) is 42.5 Å². The van der Waals surface area contributed by atoms with E-state index < -0.39 is 17.8 Å². The first-order valence-corrected chi connectivity index (χ1v) is 10.5. The third-order valence-corrected chi connectivity index (χ3v) is 4.94. The number of benzene rings is 2. The number of carbonyl (C=O) groups excluding carboxylic acids is 5. The molecule has 0 saturated heterocycles. The molecule has 1 aliphatic rings. The van der Waals surface area contributed by atoms with Gasteiger partial charge in [-0.3, -0.25) is 28.9 Å². The van der Waals surface area contributed by atoms with Gasteiger partial charge in [0, 0.05) is 23.2 Å². The number of ether oxygens (including phenoxy) is 2. The molecule has 2 amide bonds. The van der Waals surface area contributed by atoms with Crippen LogP contribution in [0.3, 0.4) is 0 Å². The Bertz CT molecular complexity index is 1110. The van der Waals surface area contributed by atoms with Gasteiger partial charge in [-0.05, 0) is 44.2 Å². The van der Waals surface area contributed by atoms with E-state index in [1.807, 2.05) is 0 Å². The van der Waals surface area contributed by atoms with Crippen LogP contribution in [0, 0.1) is 0 Å². The summed E-state index contributed by atoms with van der Waals surface area (Å²) in [5.41, 5.74) is 1.46. The Morgan fingerprint density at radius 2 is 1.85 bits per heavy atom. The number of hydrogen-bond acceptors (Lipinski definition) is 7. The topological polar surface area (TPSA) is 119 Å². The molecular formula is C24H24N2O7. The molecule has 172 valence electrons. The van der Waals surface area contributed by atoms with Crippen LogP contribution in [-0.2, 0) is 19.1 Å². The lowest BCUT2D eigenvalue weighted by atomic mass is 10.0. The van der Waals surface area contributed by atoms with Crippen molar-refractivity contribution >= 4 is 40.7 Å². The molecule has 1 aliphatic heterocycles. The van der Waals surface area contributed by atoms with Gasteiger partial charge in [0.15, 0.2) is 18.2 Å². The summed E-state index contributed by atoms with van der Waals surface area (Å²) in [5.74, 6) is -1.45. The molecule has 3 rings (SSSR count).